The molecule has 0 aliphatic heterocycles. The number of rotatable bonds is 5. The Morgan fingerprint density at radius 3 is 2.37 bits per heavy atom. The van der Waals surface area contributed by atoms with Gasteiger partial charge in [-0.2, -0.15) is 5.10 Å². The standard InChI is InChI=1S/C26H23N3O/c1-19-7-6-8-21(17-19)18-27-28-26(30)23-12-14-24(15-13-23)29-20(2)11-16-25(29)22-9-4-3-5-10-22/h3-18H,1-2H3,(H,28,30)/b27-18+. The number of benzene rings is 3. The van der Waals surface area contributed by atoms with Crippen LogP contribution in [0.15, 0.2) is 96.1 Å². The Labute approximate surface area is 176 Å². The molecule has 4 heteroatoms. The van der Waals surface area contributed by atoms with Crippen molar-refractivity contribution in [2.24, 2.45) is 5.10 Å². The minimum absolute atomic E-state index is 0.238. The van der Waals surface area contributed by atoms with Gasteiger partial charge in [-0.3, -0.25) is 4.79 Å². The largest absolute Gasteiger partial charge is 0.314 e. The summed E-state index contributed by atoms with van der Waals surface area (Å²) in [7, 11) is 0. The highest BCUT2D eigenvalue weighted by atomic mass is 16.2. The minimum atomic E-state index is -0.238. The van der Waals surface area contributed by atoms with Crippen LogP contribution in [0, 0.1) is 13.8 Å². The zero-order chi connectivity index (χ0) is 20.9. The molecule has 0 unspecified atom stereocenters. The van der Waals surface area contributed by atoms with Gasteiger partial charge < -0.3 is 4.57 Å². The first-order chi connectivity index (χ1) is 14.6. The number of amides is 1. The normalized spacial score (nSPS) is 11.0. The van der Waals surface area contributed by atoms with Gasteiger partial charge in [-0.05, 0) is 61.4 Å². The van der Waals surface area contributed by atoms with Gasteiger partial charge in [-0.15, -0.1) is 0 Å². The van der Waals surface area contributed by atoms with E-state index in [2.05, 4.69) is 46.3 Å². The zero-order valence-corrected chi connectivity index (χ0v) is 17.0. The van der Waals surface area contributed by atoms with E-state index in [1.165, 1.54) is 0 Å². The van der Waals surface area contributed by atoms with Crippen LogP contribution in [-0.2, 0) is 0 Å². The quantitative estimate of drug-likeness (QED) is 0.352. The summed E-state index contributed by atoms with van der Waals surface area (Å²) in [5.74, 6) is -0.238. The molecule has 0 spiro atoms. The topological polar surface area (TPSA) is 46.4 Å². The lowest BCUT2D eigenvalue weighted by molar-refractivity contribution is 0.0955. The molecular weight excluding hydrogens is 370 g/mol. The summed E-state index contributed by atoms with van der Waals surface area (Å²) in [4.78, 5) is 12.4. The number of carbonyl (C=O) groups is 1. The second-order valence-electron chi connectivity index (χ2n) is 7.22. The van der Waals surface area contributed by atoms with Gasteiger partial charge in [-0.1, -0.05) is 60.2 Å². The van der Waals surface area contributed by atoms with Gasteiger partial charge >= 0.3 is 0 Å². The van der Waals surface area contributed by atoms with Gasteiger partial charge in [0.25, 0.3) is 5.91 Å². The molecule has 1 N–H and O–H groups in total. The van der Waals surface area contributed by atoms with Gasteiger partial charge in [0.05, 0.1) is 11.9 Å². The number of aryl methyl sites for hydroxylation is 2. The van der Waals surface area contributed by atoms with Crippen LogP contribution in [-0.4, -0.2) is 16.7 Å². The van der Waals surface area contributed by atoms with Gasteiger partial charge in [0, 0.05) is 16.9 Å². The second-order valence-corrected chi connectivity index (χ2v) is 7.22. The molecule has 30 heavy (non-hydrogen) atoms. The van der Waals surface area contributed by atoms with E-state index in [1.54, 1.807) is 6.21 Å². The molecule has 0 aliphatic carbocycles. The lowest BCUT2D eigenvalue weighted by atomic mass is 10.1. The molecule has 3 aromatic carbocycles. The fraction of sp³-hybridized carbons (Fsp3) is 0.0769. The number of hydrazone groups is 1. The van der Waals surface area contributed by atoms with Crippen molar-refractivity contribution in [3.05, 3.63) is 113 Å². The van der Waals surface area contributed by atoms with Crippen LogP contribution in [0.1, 0.15) is 27.2 Å². The van der Waals surface area contributed by atoms with Crippen LogP contribution < -0.4 is 5.43 Å². The number of nitrogens with zero attached hydrogens (tertiary/aromatic N) is 2. The fourth-order valence-electron chi connectivity index (χ4n) is 3.46. The first-order valence-electron chi connectivity index (χ1n) is 9.86. The highest BCUT2D eigenvalue weighted by Gasteiger charge is 2.10. The van der Waals surface area contributed by atoms with Crippen molar-refractivity contribution in [1.29, 1.82) is 0 Å². The smallest absolute Gasteiger partial charge is 0.271 e. The van der Waals surface area contributed by atoms with E-state index >= 15 is 0 Å². The number of nitrogens with one attached hydrogen (secondary N) is 1. The number of hydrogen-bond donors (Lipinski definition) is 1. The van der Waals surface area contributed by atoms with Crippen molar-refractivity contribution in [2.75, 3.05) is 0 Å². The number of hydrogen-bond acceptors (Lipinski definition) is 2. The molecule has 4 rings (SSSR count). The SMILES string of the molecule is Cc1cccc(/C=N/NC(=O)c2ccc(-n3c(C)ccc3-c3ccccc3)cc2)c1. The molecule has 0 fully saturated rings. The first-order valence-corrected chi connectivity index (χ1v) is 9.86. The summed E-state index contributed by atoms with van der Waals surface area (Å²) >= 11 is 0. The molecule has 4 aromatic rings. The van der Waals surface area contributed by atoms with Crippen molar-refractivity contribution in [3.63, 3.8) is 0 Å². The zero-order valence-electron chi connectivity index (χ0n) is 17.0. The molecular formula is C26H23N3O. The summed E-state index contributed by atoms with van der Waals surface area (Å²) in [5.41, 5.74) is 9.66. The van der Waals surface area contributed by atoms with E-state index in [4.69, 9.17) is 0 Å². The third-order valence-electron chi connectivity index (χ3n) is 4.96. The van der Waals surface area contributed by atoms with Crippen molar-refractivity contribution in [3.8, 4) is 16.9 Å². The first kappa shape index (κ1) is 19.4. The molecule has 4 nitrogen and oxygen atoms in total. The highest BCUT2D eigenvalue weighted by Crippen LogP contribution is 2.26. The summed E-state index contributed by atoms with van der Waals surface area (Å²) in [6, 6.07) is 30.0. The molecule has 0 radical (unpaired) electrons. The molecule has 0 bridgehead atoms. The Bertz CT molecular complexity index is 1190. The average molecular weight is 393 g/mol. The Balaban J connectivity index is 1.51. The molecule has 0 saturated carbocycles. The van der Waals surface area contributed by atoms with Crippen LogP contribution in [0.25, 0.3) is 16.9 Å². The van der Waals surface area contributed by atoms with Crippen LogP contribution in [0.4, 0.5) is 0 Å². The Hall–Kier alpha value is -3.92. The third-order valence-corrected chi connectivity index (χ3v) is 4.96. The van der Waals surface area contributed by atoms with Crippen molar-refractivity contribution in [1.82, 2.24) is 9.99 Å². The minimum Gasteiger partial charge on any atom is -0.314 e. The van der Waals surface area contributed by atoms with E-state index in [0.717, 1.165) is 33.8 Å². The summed E-state index contributed by atoms with van der Waals surface area (Å²) < 4.78 is 2.19. The number of aromatic nitrogens is 1. The molecule has 148 valence electrons. The third kappa shape index (κ3) is 4.23. The van der Waals surface area contributed by atoms with Gasteiger partial charge in [-0.25, -0.2) is 5.43 Å². The lowest BCUT2D eigenvalue weighted by Gasteiger charge is -2.12. The van der Waals surface area contributed by atoms with Gasteiger partial charge in [0.2, 0.25) is 0 Å². The van der Waals surface area contributed by atoms with Crippen molar-refractivity contribution in [2.45, 2.75) is 13.8 Å². The van der Waals surface area contributed by atoms with Crippen molar-refractivity contribution < 1.29 is 4.79 Å². The van der Waals surface area contributed by atoms with E-state index in [1.807, 2.05) is 73.7 Å². The molecule has 0 saturated heterocycles. The number of carbonyl (C=O) groups excluding carboxylic acids is 1. The highest BCUT2D eigenvalue weighted by molar-refractivity contribution is 5.95. The summed E-state index contributed by atoms with van der Waals surface area (Å²) in [5, 5.41) is 4.07. The Morgan fingerprint density at radius 2 is 1.63 bits per heavy atom. The Kier molecular flexibility index (Phi) is 5.57. The molecule has 1 heterocycles. The predicted molar refractivity (Wildman–Crippen MR) is 122 cm³/mol. The van der Waals surface area contributed by atoms with E-state index in [0.29, 0.717) is 5.56 Å². The molecule has 0 aliphatic rings. The van der Waals surface area contributed by atoms with E-state index < -0.39 is 0 Å². The van der Waals surface area contributed by atoms with Crippen LogP contribution in [0.2, 0.25) is 0 Å². The maximum Gasteiger partial charge on any atom is 0.271 e. The maximum atomic E-state index is 12.4. The van der Waals surface area contributed by atoms with Crippen LogP contribution >= 0.6 is 0 Å². The Morgan fingerprint density at radius 1 is 0.867 bits per heavy atom. The molecule has 0 atom stereocenters. The molecule has 1 aromatic heterocycles. The predicted octanol–water partition coefficient (Wildman–Crippen LogP) is 5.53. The van der Waals surface area contributed by atoms with Gasteiger partial charge in [0.1, 0.15) is 0 Å². The monoisotopic (exact) mass is 393 g/mol. The van der Waals surface area contributed by atoms with Crippen LogP contribution in [0.3, 0.4) is 0 Å². The summed E-state index contributed by atoms with van der Waals surface area (Å²) in [6.45, 7) is 4.10. The second kappa shape index (κ2) is 8.62. The van der Waals surface area contributed by atoms with Crippen molar-refractivity contribution >= 4 is 12.1 Å². The summed E-state index contributed by atoms with van der Waals surface area (Å²) in [6.07, 6.45) is 1.65. The fourth-order valence-corrected chi connectivity index (χ4v) is 3.46. The average Bonchev–Trinajstić information content (AvgIpc) is 3.16. The molecule has 1 amide bonds. The van der Waals surface area contributed by atoms with Gasteiger partial charge in [0.15, 0.2) is 0 Å². The maximum absolute atomic E-state index is 12.4. The van der Waals surface area contributed by atoms with E-state index in [-0.39, 0.29) is 5.91 Å². The van der Waals surface area contributed by atoms with E-state index in [9.17, 15) is 4.79 Å². The lowest BCUT2D eigenvalue weighted by Crippen LogP contribution is -2.17. The van der Waals surface area contributed by atoms with Crippen LogP contribution in [0.5, 0.6) is 0 Å².